The Morgan fingerprint density at radius 2 is 1.71 bits per heavy atom. The zero-order chi connectivity index (χ0) is 15.2. The number of aryl methyl sites for hydroxylation is 1. The summed E-state index contributed by atoms with van der Waals surface area (Å²) in [7, 11) is 1.68. The summed E-state index contributed by atoms with van der Waals surface area (Å²) in [5.41, 5.74) is 3.12. The van der Waals surface area contributed by atoms with Crippen molar-refractivity contribution in [3.05, 3.63) is 58.1 Å². The van der Waals surface area contributed by atoms with E-state index in [1.165, 1.54) is 0 Å². The molecule has 0 saturated carbocycles. The Labute approximate surface area is 124 Å². The van der Waals surface area contributed by atoms with Crippen LogP contribution in [-0.4, -0.2) is 12.0 Å². The highest BCUT2D eigenvalue weighted by Crippen LogP contribution is 2.35. The van der Waals surface area contributed by atoms with E-state index < -0.39 is 0 Å². The average molecular weight is 285 g/mol. The van der Waals surface area contributed by atoms with Crippen molar-refractivity contribution in [1.29, 1.82) is 0 Å². The topological polar surface area (TPSA) is 67.2 Å². The number of hydrogen-bond donors (Lipinski definition) is 2. The summed E-state index contributed by atoms with van der Waals surface area (Å²) in [6.45, 7) is 2.11. The Hall–Kier alpha value is -2.56. The molecule has 0 radical (unpaired) electrons. The summed E-state index contributed by atoms with van der Waals surface area (Å²) in [6.07, 6.45) is 1.96. The molecule has 21 heavy (non-hydrogen) atoms. The second-order valence-corrected chi connectivity index (χ2v) is 4.74. The van der Waals surface area contributed by atoms with Crippen molar-refractivity contribution in [2.75, 3.05) is 17.7 Å². The monoisotopic (exact) mass is 285 g/mol. The van der Waals surface area contributed by atoms with Crippen LogP contribution in [0.3, 0.4) is 0 Å². The van der Waals surface area contributed by atoms with Crippen molar-refractivity contribution >= 4 is 22.7 Å². The standard InChI is InChI=1S/C16H19N3O2/c1-3-7-12-8-4-5-9-13(12)18-15-11-6-10-14(17-2)16(15)19(20)21/h4-6,8-11,17-18H,3,7H2,1-2H3. The van der Waals surface area contributed by atoms with Gasteiger partial charge in [-0.25, -0.2) is 0 Å². The predicted molar refractivity (Wildman–Crippen MR) is 86.4 cm³/mol. The first-order valence-electron chi connectivity index (χ1n) is 6.97. The Kier molecular flexibility index (Phi) is 4.77. The molecule has 0 amide bonds. The summed E-state index contributed by atoms with van der Waals surface area (Å²) < 4.78 is 0. The molecule has 0 aliphatic rings. The van der Waals surface area contributed by atoms with Gasteiger partial charge in [-0.05, 0) is 30.2 Å². The van der Waals surface area contributed by atoms with Crippen LogP contribution in [0, 0.1) is 10.1 Å². The maximum atomic E-state index is 11.3. The van der Waals surface area contributed by atoms with Crippen molar-refractivity contribution in [3.8, 4) is 0 Å². The summed E-state index contributed by atoms with van der Waals surface area (Å²) in [4.78, 5) is 11.0. The molecule has 0 saturated heterocycles. The van der Waals surface area contributed by atoms with Gasteiger partial charge in [0, 0.05) is 12.7 Å². The second kappa shape index (κ2) is 6.74. The first-order chi connectivity index (χ1) is 10.2. The molecule has 2 rings (SSSR count). The Balaban J connectivity index is 2.42. The van der Waals surface area contributed by atoms with Crippen LogP contribution in [0.25, 0.3) is 0 Å². The molecule has 2 aromatic rings. The summed E-state index contributed by atoms with van der Waals surface area (Å²) in [5.74, 6) is 0. The molecule has 0 spiro atoms. The molecule has 0 aliphatic carbocycles. The first-order valence-corrected chi connectivity index (χ1v) is 6.97. The summed E-state index contributed by atoms with van der Waals surface area (Å²) >= 11 is 0. The minimum atomic E-state index is -0.364. The van der Waals surface area contributed by atoms with Gasteiger partial charge >= 0.3 is 5.69 Å². The van der Waals surface area contributed by atoms with Gasteiger partial charge in [0.1, 0.15) is 11.4 Å². The maximum absolute atomic E-state index is 11.3. The predicted octanol–water partition coefficient (Wildman–Crippen LogP) is 4.33. The lowest BCUT2D eigenvalue weighted by molar-refractivity contribution is -0.383. The zero-order valence-electron chi connectivity index (χ0n) is 12.2. The van der Waals surface area contributed by atoms with Crippen molar-refractivity contribution in [2.45, 2.75) is 19.8 Å². The number of para-hydroxylation sites is 2. The number of anilines is 3. The van der Waals surface area contributed by atoms with Crippen LogP contribution in [0.4, 0.5) is 22.7 Å². The van der Waals surface area contributed by atoms with Crippen molar-refractivity contribution in [3.63, 3.8) is 0 Å². The largest absolute Gasteiger partial charge is 0.382 e. The Morgan fingerprint density at radius 3 is 2.38 bits per heavy atom. The molecular weight excluding hydrogens is 266 g/mol. The Bertz CT molecular complexity index is 641. The van der Waals surface area contributed by atoms with Crippen LogP contribution in [0.5, 0.6) is 0 Å². The minimum Gasteiger partial charge on any atom is -0.382 e. The van der Waals surface area contributed by atoms with E-state index in [0.717, 1.165) is 24.1 Å². The number of hydrogen-bond acceptors (Lipinski definition) is 4. The molecule has 0 fully saturated rings. The van der Waals surface area contributed by atoms with Crippen LogP contribution in [0.2, 0.25) is 0 Å². The molecular formula is C16H19N3O2. The third-order valence-corrected chi connectivity index (χ3v) is 3.29. The van der Waals surface area contributed by atoms with Crippen LogP contribution in [0.15, 0.2) is 42.5 Å². The van der Waals surface area contributed by atoms with E-state index in [-0.39, 0.29) is 10.6 Å². The van der Waals surface area contributed by atoms with E-state index in [4.69, 9.17) is 0 Å². The molecule has 2 aromatic carbocycles. The second-order valence-electron chi connectivity index (χ2n) is 4.74. The van der Waals surface area contributed by atoms with Gasteiger partial charge in [-0.3, -0.25) is 10.1 Å². The number of nitrogens with zero attached hydrogens (tertiary/aromatic N) is 1. The van der Waals surface area contributed by atoms with E-state index in [0.29, 0.717) is 11.4 Å². The molecule has 0 aromatic heterocycles. The zero-order valence-corrected chi connectivity index (χ0v) is 12.2. The van der Waals surface area contributed by atoms with E-state index in [9.17, 15) is 10.1 Å². The van der Waals surface area contributed by atoms with E-state index in [1.54, 1.807) is 25.2 Å². The third kappa shape index (κ3) is 3.31. The van der Waals surface area contributed by atoms with Gasteiger partial charge in [0.05, 0.1) is 4.92 Å². The molecule has 2 N–H and O–H groups in total. The maximum Gasteiger partial charge on any atom is 0.315 e. The first kappa shape index (κ1) is 14.8. The number of benzene rings is 2. The van der Waals surface area contributed by atoms with Crippen LogP contribution < -0.4 is 10.6 Å². The fraction of sp³-hybridized carbons (Fsp3) is 0.250. The highest BCUT2D eigenvalue weighted by molar-refractivity contribution is 5.80. The van der Waals surface area contributed by atoms with Crippen molar-refractivity contribution in [2.24, 2.45) is 0 Å². The van der Waals surface area contributed by atoms with Gasteiger partial charge in [-0.15, -0.1) is 0 Å². The molecule has 110 valence electrons. The van der Waals surface area contributed by atoms with E-state index >= 15 is 0 Å². The van der Waals surface area contributed by atoms with Gasteiger partial charge in [-0.2, -0.15) is 0 Å². The van der Waals surface area contributed by atoms with E-state index in [1.807, 2.05) is 24.3 Å². The van der Waals surface area contributed by atoms with Gasteiger partial charge in [0.25, 0.3) is 0 Å². The van der Waals surface area contributed by atoms with Crippen LogP contribution in [0.1, 0.15) is 18.9 Å². The number of nitro benzene ring substituents is 1. The van der Waals surface area contributed by atoms with Crippen molar-refractivity contribution < 1.29 is 4.92 Å². The van der Waals surface area contributed by atoms with Gasteiger partial charge in [0.2, 0.25) is 0 Å². The highest BCUT2D eigenvalue weighted by atomic mass is 16.6. The molecule has 0 heterocycles. The average Bonchev–Trinajstić information content (AvgIpc) is 2.49. The van der Waals surface area contributed by atoms with Gasteiger partial charge in [0.15, 0.2) is 0 Å². The molecule has 0 aliphatic heterocycles. The lowest BCUT2D eigenvalue weighted by Crippen LogP contribution is -2.02. The smallest absolute Gasteiger partial charge is 0.315 e. The van der Waals surface area contributed by atoms with E-state index in [2.05, 4.69) is 17.6 Å². The lowest BCUT2D eigenvalue weighted by atomic mass is 10.1. The number of rotatable bonds is 6. The fourth-order valence-corrected chi connectivity index (χ4v) is 2.32. The fourth-order valence-electron chi connectivity index (χ4n) is 2.32. The van der Waals surface area contributed by atoms with Gasteiger partial charge < -0.3 is 10.6 Å². The van der Waals surface area contributed by atoms with Crippen molar-refractivity contribution in [1.82, 2.24) is 0 Å². The minimum absolute atomic E-state index is 0.0614. The molecule has 0 bridgehead atoms. The molecule has 5 heteroatoms. The quantitative estimate of drug-likeness (QED) is 0.612. The van der Waals surface area contributed by atoms with Gasteiger partial charge in [-0.1, -0.05) is 37.6 Å². The molecule has 0 unspecified atom stereocenters. The number of nitrogens with one attached hydrogen (secondary N) is 2. The SMILES string of the molecule is CCCc1ccccc1Nc1cccc(NC)c1[N+](=O)[O-]. The lowest BCUT2D eigenvalue weighted by Gasteiger charge is -2.13. The molecule has 5 nitrogen and oxygen atoms in total. The van der Waals surface area contributed by atoms with Crippen LogP contribution in [-0.2, 0) is 6.42 Å². The highest BCUT2D eigenvalue weighted by Gasteiger charge is 2.19. The summed E-state index contributed by atoms with van der Waals surface area (Å²) in [5, 5.41) is 17.4. The van der Waals surface area contributed by atoms with Crippen LogP contribution >= 0.6 is 0 Å². The summed E-state index contributed by atoms with van der Waals surface area (Å²) in [6, 6.07) is 13.1. The third-order valence-electron chi connectivity index (χ3n) is 3.29. The number of nitro groups is 1. The molecule has 0 atom stereocenters. The Morgan fingerprint density at radius 1 is 1.05 bits per heavy atom. The normalized spacial score (nSPS) is 10.2.